The summed E-state index contributed by atoms with van der Waals surface area (Å²) in [4.78, 5) is 33.0. The predicted molar refractivity (Wildman–Crippen MR) is 158 cm³/mol. The summed E-state index contributed by atoms with van der Waals surface area (Å²) in [6.07, 6.45) is 1.03. The highest BCUT2D eigenvalue weighted by Gasteiger charge is 2.38. The summed E-state index contributed by atoms with van der Waals surface area (Å²) in [5.41, 5.74) is 1.84. The Bertz CT molecular complexity index is 1550. The molecule has 2 aromatic carbocycles. The number of carbonyl (C=O) groups excluding carboxylic acids is 1. The lowest BCUT2D eigenvalue weighted by molar-refractivity contribution is -0.387. The van der Waals surface area contributed by atoms with Crippen LogP contribution >= 0.6 is 0 Å². The summed E-state index contributed by atoms with van der Waals surface area (Å²) >= 11 is 0. The summed E-state index contributed by atoms with van der Waals surface area (Å²) in [7, 11) is -2.39. The molecule has 13 heteroatoms. The molecule has 1 amide bonds. The van der Waals surface area contributed by atoms with Crippen molar-refractivity contribution in [2.24, 2.45) is 0 Å². The van der Waals surface area contributed by atoms with Crippen molar-refractivity contribution in [2.75, 3.05) is 63.1 Å². The topological polar surface area (TPSA) is 141 Å². The zero-order chi connectivity index (χ0) is 29.1. The monoisotopic (exact) mass is 581 g/mol. The largest absolute Gasteiger partial charge is 0.354 e. The van der Waals surface area contributed by atoms with Gasteiger partial charge in [0.05, 0.1) is 17.0 Å². The van der Waals surface area contributed by atoms with Gasteiger partial charge in [-0.2, -0.15) is 4.31 Å². The maximum atomic E-state index is 13.8. The lowest BCUT2D eigenvalue weighted by atomic mass is 10.1. The third-order valence-electron chi connectivity index (χ3n) is 7.77. The molecule has 0 saturated carbocycles. The van der Waals surface area contributed by atoms with Crippen LogP contribution in [0.2, 0.25) is 0 Å². The zero-order valence-corrected chi connectivity index (χ0v) is 24.1. The lowest BCUT2D eigenvalue weighted by Gasteiger charge is -2.36. The van der Waals surface area contributed by atoms with E-state index in [2.05, 4.69) is 20.4 Å². The third-order valence-corrected chi connectivity index (χ3v) is 9.72. The minimum absolute atomic E-state index is 0.413. The number of aryl methyl sites for hydroxylation is 1. The first-order chi connectivity index (χ1) is 19.6. The van der Waals surface area contributed by atoms with Gasteiger partial charge < -0.3 is 20.4 Å². The fourth-order valence-electron chi connectivity index (χ4n) is 5.50. The highest BCUT2D eigenvalue weighted by molar-refractivity contribution is 7.89. The summed E-state index contributed by atoms with van der Waals surface area (Å²) < 4.78 is 28.8. The summed E-state index contributed by atoms with van der Waals surface area (Å²) in [6.45, 7) is 6.44. The number of hydrogen-bond acceptors (Lipinski definition) is 9. The minimum atomic E-state index is -4.34. The van der Waals surface area contributed by atoms with Gasteiger partial charge in [0.2, 0.25) is 5.91 Å². The normalized spacial score (nSPS) is 17.2. The van der Waals surface area contributed by atoms with Crippen LogP contribution in [-0.4, -0.2) is 92.3 Å². The van der Waals surface area contributed by atoms with Gasteiger partial charge >= 0.3 is 0 Å². The molecule has 0 aliphatic carbocycles. The molecule has 2 N–H and O–H groups in total. The average molecular weight is 582 g/mol. The highest BCUT2D eigenvalue weighted by atomic mass is 32.2. The number of piperidine rings is 1. The number of likely N-dealkylation sites (tertiary alicyclic amines) is 1. The van der Waals surface area contributed by atoms with E-state index in [1.54, 1.807) is 6.07 Å². The number of anilines is 2. The molecule has 2 aliphatic rings. The number of para-hydroxylation sites is 1. The number of fused-ring (bicyclic) bond motifs is 1. The SMILES string of the molecule is Cc1cc(N2CCNCC2)nc2ccc(NC(=O)CN(C3CCN(C)CC3)S(=O)(=O)c3ccccc3[N+](=O)[O-])cc12. The van der Waals surface area contributed by atoms with E-state index in [-0.39, 0.29) is 0 Å². The molecule has 12 nitrogen and oxygen atoms in total. The van der Waals surface area contributed by atoms with Crippen LogP contribution in [0.15, 0.2) is 53.4 Å². The van der Waals surface area contributed by atoms with E-state index in [1.165, 1.54) is 24.3 Å². The Hall–Kier alpha value is -3.65. The molecule has 218 valence electrons. The first kappa shape index (κ1) is 28.9. The molecule has 0 atom stereocenters. The first-order valence-corrected chi connectivity index (χ1v) is 15.2. The number of sulfonamides is 1. The quantitative estimate of drug-likeness (QED) is 0.303. The first-order valence-electron chi connectivity index (χ1n) is 13.7. The fraction of sp³-hybridized carbons (Fsp3) is 0.429. The molecule has 2 fully saturated rings. The van der Waals surface area contributed by atoms with E-state index in [9.17, 15) is 23.3 Å². The second-order valence-corrected chi connectivity index (χ2v) is 12.5. The molecule has 0 bridgehead atoms. The van der Waals surface area contributed by atoms with Crippen LogP contribution in [0, 0.1) is 17.0 Å². The fourth-order valence-corrected chi connectivity index (χ4v) is 7.30. The number of pyridine rings is 1. The van der Waals surface area contributed by atoms with Crippen molar-refractivity contribution in [2.45, 2.75) is 30.7 Å². The number of nitrogens with zero attached hydrogens (tertiary/aromatic N) is 5. The van der Waals surface area contributed by atoms with Gasteiger partial charge in [-0.05, 0) is 75.8 Å². The molecule has 3 heterocycles. The molecule has 0 spiro atoms. The van der Waals surface area contributed by atoms with Crippen molar-refractivity contribution in [1.82, 2.24) is 19.5 Å². The van der Waals surface area contributed by atoms with Gasteiger partial charge in [0.25, 0.3) is 15.7 Å². The molecular formula is C28H35N7O5S. The number of nitro benzene ring substituents is 1. The van der Waals surface area contributed by atoms with Crippen LogP contribution in [0.5, 0.6) is 0 Å². The van der Waals surface area contributed by atoms with Crippen molar-refractivity contribution >= 4 is 44.0 Å². The summed E-state index contributed by atoms with van der Waals surface area (Å²) in [6, 6.07) is 12.3. The van der Waals surface area contributed by atoms with Crippen LogP contribution < -0.4 is 15.5 Å². The third kappa shape index (κ3) is 6.32. The molecule has 3 aromatic rings. The molecule has 0 radical (unpaired) electrons. The van der Waals surface area contributed by atoms with Gasteiger partial charge in [-0.1, -0.05) is 12.1 Å². The van der Waals surface area contributed by atoms with Crippen molar-refractivity contribution in [1.29, 1.82) is 0 Å². The van der Waals surface area contributed by atoms with Gasteiger partial charge in [0, 0.05) is 49.4 Å². The molecule has 2 aliphatic heterocycles. The van der Waals surface area contributed by atoms with E-state index in [0.717, 1.165) is 52.8 Å². The Labute approximate surface area is 239 Å². The number of piperazine rings is 1. The van der Waals surface area contributed by atoms with Crippen LogP contribution in [0.1, 0.15) is 18.4 Å². The van der Waals surface area contributed by atoms with Gasteiger partial charge in [-0.15, -0.1) is 0 Å². The van der Waals surface area contributed by atoms with E-state index >= 15 is 0 Å². The van der Waals surface area contributed by atoms with Crippen LogP contribution in [-0.2, 0) is 14.8 Å². The number of nitro groups is 1. The Morgan fingerprint density at radius 3 is 2.54 bits per heavy atom. The van der Waals surface area contributed by atoms with Crippen molar-refractivity contribution in [3.8, 4) is 0 Å². The van der Waals surface area contributed by atoms with Gasteiger partial charge in [0.1, 0.15) is 5.82 Å². The van der Waals surface area contributed by atoms with Crippen LogP contribution in [0.4, 0.5) is 17.2 Å². The Morgan fingerprint density at radius 2 is 1.83 bits per heavy atom. The summed E-state index contributed by atoms with van der Waals surface area (Å²) in [5, 5.41) is 18.7. The smallest absolute Gasteiger partial charge is 0.289 e. The lowest BCUT2D eigenvalue weighted by Crippen LogP contribution is -2.49. The zero-order valence-electron chi connectivity index (χ0n) is 23.2. The summed E-state index contributed by atoms with van der Waals surface area (Å²) in [5.74, 6) is 0.399. The maximum absolute atomic E-state index is 13.8. The predicted octanol–water partition coefficient (Wildman–Crippen LogP) is 2.58. The second kappa shape index (κ2) is 12.1. The standard InChI is InChI=1S/C28H35N7O5S/c1-20-17-27(33-15-11-29-12-16-33)31-24-8-7-21(18-23(20)24)30-28(36)19-34(22-9-13-32(2)14-10-22)41(39,40)26-6-4-3-5-25(26)35(37)38/h3-8,17-18,22,29H,9-16,19H2,1-2H3,(H,30,36). The second-order valence-electron chi connectivity index (χ2n) is 10.6. The van der Waals surface area contributed by atoms with E-state index in [4.69, 9.17) is 4.98 Å². The van der Waals surface area contributed by atoms with Crippen molar-refractivity contribution in [3.63, 3.8) is 0 Å². The molecular weight excluding hydrogens is 546 g/mol. The van der Waals surface area contributed by atoms with Crippen LogP contribution in [0.3, 0.4) is 0 Å². The number of rotatable bonds is 8. The molecule has 0 unspecified atom stereocenters. The number of aromatic nitrogens is 1. The van der Waals surface area contributed by atoms with Crippen molar-refractivity contribution in [3.05, 3.63) is 64.2 Å². The van der Waals surface area contributed by atoms with E-state index < -0.39 is 44.0 Å². The average Bonchev–Trinajstić information content (AvgIpc) is 2.97. The number of benzene rings is 2. The molecule has 5 rings (SSSR count). The van der Waals surface area contributed by atoms with Gasteiger partial charge in [-0.3, -0.25) is 14.9 Å². The van der Waals surface area contributed by atoms with Crippen LogP contribution in [0.25, 0.3) is 10.9 Å². The Balaban J connectivity index is 1.39. The Morgan fingerprint density at radius 1 is 1.12 bits per heavy atom. The number of nitrogens with one attached hydrogen (secondary N) is 2. The molecule has 41 heavy (non-hydrogen) atoms. The highest BCUT2D eigenvalue weighted by Crippen LogP contribution is 2.30. The number of hydrogen-bond donors (Lipinski definition) is 2. The maximum Gasteiger partial charge on any atom is 0.289 e. The Kier molecular flexibility index (Phi) is 8.50. The molecule has 2 saturated heterocycles. The molecule has 1 aromatic heterocycles. The van der Waals surface area contributed by atoms with Gasteiger partial charge in [-0.25, -0.2) is 13.4 Å². The number of carbonyl (C=O) groups is 1. The number of amides is 1. The van der Waals surface area contributed by atoms with E-state index in [1.807, 2.05) is 32.2 Å². The minimum Gasteiger partial charge on any atom is -0.354 e. The van der Waals surface area contributed by atoms with Crippen molar-refractivity contribution < 1.29 is 18.1 Å². The van der Waals surface area contributed by atoms with E-state index in [0.29, 0.717) is 31.6 Å². The van der Waals surface area contributed by atoms with Gasteiger partial charge in [0.15, 0.2) is 4.90 Å².